The van der Waals surface area contributed by atoms with E-state index in [-0.39, 0.29) is 10.8 Å². The first-order valence-corrected chi connectivity index (χ1v) is 22.2. The number of fused-ring (bicyclic) bond motifs is 1. The van der Waals surface area contributed by atoms with E-state index in [1.165, 1.54) is 81.0 Å². The lowest BCUT2D eigenvalue weighted by atomic mass is 9.80. The molecule has 0 atom stereocenters. The summed E-state index contributed by atoms with van der Waals surface area (Å²) in [6, 6.07) is 19.0. The van der Waals surface area contributed by atoms with Gasteiger partial charge in [0.1, 0.15) is 11.0 Å². The molecule has 6 aromatic rings. The maximum Gasteiger partial charge on any atom is 0.114 e. The monoisotopic (exact) mass is 744 g/mol. The van der Waals surface area contributed by atoms with Gasteiger partial charge in [-0.2, -0.15) is 8.75 Å². The molecule has 2 nitrogen and oxygen atoms in total. The maximum absolute atomic E-state index is 4.94. The molecule has 260 valence electrons. The fourth-order valence-electron chi connectivity index (χ4n) is 6.85. The highest BCUT2D eigenvalue weighted by atomic mass is 32.1. The Morgan fingerprint density at radius 3 is 1.65 bits per heavy atom. The van der Waals surface area contributed by atoms with Crippen molar-refractivity contribution in [2.45, 2.75) is 119 Å². The van der Waals surface area contributed by atoms with E-state index >= 15 is 0 Å². The van der Waals surface area contributed by atoms with Gasteiger partial charge < -0.3 is 0 Å². The maximum atomic E-state index is 4.94. The van der Waals surface area contributed by atoms with Gasteiger partial charge in [-0.05, 0) is 97.9 Å². The molecule has 7 heteroatoms. The molecule has 0 radical (unpaired) electrons. The summed E-state index contributed by atoms with van der Waals surface area (Å²) in [6.45, 7) is 23.5. The fourth-order valence-corrected chi connectivity index (χ4v) is 12.7. The van der Waals surface area contributed by atoms with Crippen LogP contribution in [0.15, 0.2) is 48.5 Å². The second-order valence-electron chi connectivity index (χ2n) is 15.1. The molecule has 5 heterocycles. The number of hydrogen-bond donors (Lipinski definition) is 0. The van der Waals surface area contributed by atoms with Gasteiger partial charge in [0.05, 0.1) is 11.7 Å². The van der Waals surface area contributed by atoms with Crippen LogP contribution in [0.2, 0.25) is 0 Å². The van der Waals surface area contributed by atoms with E-state index in [1.807, 2.05) is 45.3 Å². The van der Waals surface area contributed by atoms with Gasteiger partial charge in [-0.15, -0.1) is 45.3 Å². The highest BCUT2D eigenvalue weighted by Crippen LogP contribution is 2.49. The number of aromatic nitrogens is 2. The molecule has 49 heavy (non-hydrogen) atoms. The molecule has 0 saturated carbocycles. The van der Waals surface area contributed by atoms with Crippen molar-refractivity contribution in [3.8, 4) is 40.4 Å². The van der Waals surface area contributed by atoms with Crippen LogP contribution in [0.1, 0.15) is 116 Å². The van der Waals surface area contributed by atoms with Gasteiger partial charge in [-0.3, -0.25) is 0 Å². The van der Waals surface area contributed by atoms with E-state index in [1.54, 1.807) is 4.88 Å². The highest BCUT2D eigenvalue weighted by Gasteiger charge is 2.30. The normalized spacial score (nSPS) is 12.7. The summed E-state index contributed by atoms with van der Waals surface area (Å²) >= 11 is 9.18. The lowest BCUT2D eigenvalue weighted by Crippen LogP contribution is -2.20. The SMILES string of the molecule is CCC(C)(CC)c1ccc(-c2ccc(-c3sc(-c4ccc(-c5cc(CC(C)C)c(C(C)(CC)CC)s5)c5nsnc45)cc3CC(C)C)s2)s1. The predicted octanol–water partition coefficient (Wildman–Crippen LogP) is 15.2. The van der Waals surface area contributed by atoms with Crippen molar-refractivity contribution < 1.29 is 0 Å². The fraction of sp³-hybridized carbons (Fsp3) is 0.476. The molecular weight excluding hydrogens is 693 g/mol. The Labute approximate surface area is 315 Å². The van der Waals surface area contributed by atoms with Gasteiger partial charge >= 0.3 is 0 Å². The minimum atomic E-state index is 0.200. The van der Waals surface area contributed by atoms with Crippen LogP contribution >= 0.6 is 57.1 Å². The van der Waals surface area contributed by atoms with E-state index in [9.17, 15) is 0 Å². The van der Waals surface area contributed by atoms with Crippen molar-refractivity contribution in [1.29, 1.82) is 0 Å². The molecule has 0 saturated heterocycles. The quantitative estimate of drug-likeness (QED) is 0.111. The van der Waals surface area contributed by atoms with Gasteiger partial charge in [-0.25, -0.2) is 0 Å². The summed E-state index contributed by atoms with van der Waals surface area (Å²) in [5.41, 5.74) is 7.93. The van der Waals surface area contributed by atoms with E-state index < -0.39 is 0 Å². The highest BCUT2D eigenvalue weighted by molar-refractivity contribution is 7.27. The largest absolute Gasteiger partial charge is 0.172 e. The standard InChI is InChI=1S/C42H52N2S5/c1-11-41(9,12-2)36-20-19-32(46-36)31-17-18-33(45-31)39-27(21-25(5)6)23-34(47-39)29-15-16-30(38-37(29)43-49-44-38)35-24-28(22-26(7)8)40(48-35)42(10,13-3)14-4/h15-20,23-26H,11-14,21-22H2,1-10H3. The van der Waals surface area contributed by atoms with Gasteiger partial charge in [0.2, 0.25) is 0 Å². The third-order valence-corrected chi connectivity index (χ3v) is 16.9. The Kier molecular flexibility index (Phi) is 11.1. The van der Waals surface area contributed by atoms with Gasteiger partial charge in [0, 0.05) is 61.0 Å². The molecule has 0 N–H and O–H groups in total. The number of benzene rings is 1. The van der Waals surface area contributed by atoms with Crippen LogP contribution in [-0.4, -0.2) is 8.75 Å². The van der Waals surface area contributed by atoms with Crippen molar-refractivity contribution >= 4 is 68.1 Å². The summed E-state index contributed by atoms with van der Waals surface area (Å²) in [5, 5.41) is 0. The first-order chi connectivity index (χ1) is 23.4. The van der Waals surface area contributed by atoms with Gasteiger partial charge in [-0.1, -0.05) is 81.4 Å². The van der Waals surface area contributed by atoms with E-state index in [4.69, 9.17) is 8.75 Å². The van der Waals surface area contributed by atoms with Crippen molar-refractivity contribution in [3.05, 3.63) is 69.4 Å². The molecular formula is C42H52N2S5. The van der Waals surface area contributed by atoms with Crippen molar-refractivity contribution in [1.82, 2.24) is 8.75 Å². The number of thiophene rings is 4. The van der Waals surface area contributed by atoms with Crippen molar-refractivity contribution in [2.24, 2.45) is 11.8 Å². The number of hydrogen-bond acceptors (Lipinski definition) is 7. The Hall–Kier alpha value is -2.16. The Morgan fingerprint density at radius 2 is 1.06 bits per heavy atom. The molecule has 5 aromatic heterocycles. The van der Waals surface area contributed by atoms with Crippen LogP contribution in [0, 0.1) is 11.8 Å². The first-order valence-electron chi connectivity index (χ1n) is 18.2. The summed E-state index contributed by atoms with van der Waals surface area (Å²) in [7, 11) is 0. The second kappa shape index (κ2) is 14.8. The second-order valence-corrected chi connectivity index (χ2v) is 19.9. The number of rotatable bonds is 14. The minimum absolute atomic E-state index is 0.200. The van der Waals surface area contributed by atoms with Gasteiger partial charge in [0.25, 0.3) is 0 Å². The number of nitrogens with zero attached hydrogens (tertiary/aromatic N) is 2. The zero-order valence-corrected chi connectivity index (χ0v) is 35.0. The van der Waals surface area contributed by atoms with E-state index in [0.29, 0.717) is 11.8 Å². The van der Waals surface area contributed by atoms with E-state index in [0.717, 1.165) is 36.7 Å². The molecule has 0 bridgehead atoms. The van der Waals surface area contributed by atoms with Crippen LogP contribution < -0.4 is 0 Å². The molecule has 0 aliphatic rings. The summed E-state index contributed by atoms with van der Waals surface area (Å²) in [5.74, 6) is 1.20. The summed E-state index contributed by atoms with van der Waals surface area (Å²) in [6.07, 6.45) is 6.82. The molecule has 0 spiro atoms. The zero-order valence-electron chi connectivity index (χ0n) is 31.0. The van der Waals surface area contributed by atoms with Crippen molar-refractivity contribution in [3.63, 3.8) is 0 Å². The molecule has 0 amide bonds. The van der Waals surface area contributed by atoms with Crippen LogP contribution in [0.3, 0.4) is 0 Å². The van der Waals surface area contributed by atoms with Crippen LogP contribution in [0.4, 0.5) is 0 Å². The van der Waals surface area contributed by atoms with Crippen molar-refractivity contribution in [2.75, 3.05) is 0 Å². The topological polar surface area (TPSA) is 25.8 Å². The third kappa shape index (κ3) is 7.17. The first kappa shape index (κ1) is 36.6. The summed E-state index contributed by atoms with van der Waals surface area (Å²) < 4.78 is 9.87. The average molecular weight is 745 g/mol. The minimum Gasteiger partial charge on any atom is -0.172 e. The Bertz CT molecular complexity index is 2020. The lowest BCUT2D eigenvalue weighted by molar-refractivity contribution is 0.442. The Balaban J connectivity index is 1.39. The van der Waals surface area contributed by atoms with E-state index in [2.05, 4.69) is 118 Å². The van der Waals surface area contributed by atoms with Gasteiger partial charge in [0.15, 0.2) is 0 Å². The molecule has 0 unspecified atom stereocenters. The average Bonchev–Trinajstić information content (AvgIpc) is 3.92. The molecule has 1 aromatic carbocycles. The summed E-state index contributed by atoms with van der Waals surface area (Å²) in [4.78, 5) is 11.2. The molecule has 0 aliphatic carbocycles. The Morgan fingerprint density at radius 1 is 0.551 bits per heavy atom. The molecule has 6 rings (SSSR count). The predicted molar refractivity (Wildman–Crippen MR) is 224 cm³/mol. The zero-order chi connectivity index (χ0) is 35.1. The molecule has 0 fully saturated rings. The van der Waals surface area contributed by atoms with Crippen LogP contribution in [0.5, 0.6) is 0 Å². The molecule has 0 aliphatic heterocycles. The van der Waals surface area contributed by atoms with Crippen LogP contribution in [0.25, 0.3) is 51.4 Å². The smallest absolute Gasteiger partial charge is 0.114 e. The third-order valence-electron chi connectivity index (χ3n) is 10.8. The lowest BCUT2D eigenvalue weighted by Gasteiger charge is -2.27. The van der Waals surface area contributed by atoms with Crippen LogP contribution in [-0.2, 0) is 23.7 Å².